The molecule has 4 amide bonds. The molecule has 2 rings (SSSR count). The fourth-order valence-corrected chi connectivity index (χ4v) is 5.69. The van der Waals surface area contributed by atoms with Crippen LogP contribution in [0.25, 0.3) is 0 Å². The molecule has 0 aromatic heterocycles. The molecule has 4 N–H and O–H groups in total. The van der Waals surface area contributed by atoms with E-state index in [0.29, 0.717) is 0 Å². The summed E-state index contributed by atoms with van der Waals surface area (Å²) < 4.78 is 4.92. The smallest absolute Gasteiger partial charge is 0.330 e. The van der Waals surface area contributed by atoms with E-state index in [9.17, 15) is 24.0 Å². The van der Waals surface area contributed by atoms with E-state index in [1.165, 1.54) is 28.8 Å². The zero-order valence-electron chi connectivity index (χ0n) is 24.5. The first-order valence-corrected chi connectivity index (χ1v) is 15.1. The van der Waals surface area contributed by atoms with Crippen molar-refractivity contribution in [2.24, 2.45) is 11.7 Å². The van der Waals surface area contributed by atoms with Crippen molar-refractivity contribution in [2.45, 2.75) is 89.1 Å². The molecule has 1 aliphatic carbocycles. The summed E-state index contributed by atoms with van der Waals surface area (Å²) >= 11 is 1.24. The van der Waals surface area contributed by atoms with Gasteiger partial charge in [0.25, 0.3) is 5.24 Å². The van der Waals surface area contributed by atoms with E-state index in [0.717, 1.165) is 31.2 Å². The summed E-state index contributed by atoms with van der Waals surface area (Å²) in [6.45, 7) is 5.58. The Morgan fingerprint density at radius 1 is 1.10 bits per heavy atom. The molecule has 0 saturated heterocycles. The molecule has 1 fully saturated rings. The number of nitrogens with one attached hydrogen (secondary N) is 2. The van der Waals surface area contributed by atoms with Gasteiger partial charge in [0, 0.05) is 37.3 Å². The van der Waals surface area contributed by atoms with Crippen molar-refractivity contribution in [2.75, 3.05) is 13.7 Å². The molecular weight excluding hydrogens is 544 g/mol. The Morgan fingerprint density at radius 3 is 2.34 bits per heavy atom. The number of carbonyl (C=O) groups is 5. The van der Waals surface area contributed by atoms with Crippen molar-refractivity contribution in [1.82, 2.24) is 15.5 Å². The van der Waals surface area contributed by atoms with Crippen LogP contribution < -0.4 is 16.4 Å². The lowest BCUT2D eigenvalue weighted by molar-refractivity contribution is -0.141. The second kappa shape index (κ2) is 17.5. The topological polar surface area (TPSA) is 148 Å². The van der Waals surface area contributed by atoms with Crippen molar-refractivity contribution in [1.29, 1.82) is 0 Å². The normalized spacial score (nSPS) is 15.7. The summed E-state index contributed by atoms with van der Waals surface area (Å²) in [4.78, 5) is 65.0. The Balaban J connectivity index is 2.26. The first kappa shape index (κ1) is 33.9. The maximum atomic E-state index is 13.8. The number of rotatable bonds is 15. The van der Waals surface area contributed by atoms with Gasteiger partial charge in [-0.2, -0.15) is 0 Å². The Morgan fingerprint density at radius 2 is 1.76 bits per heavy atom. The number of likely N-dealkylation sites (N-methyl/N-ethyl adjacent to an activating group) is 1. The summed E-state index contributed by atoms with van der Waals surface area (Å²) in [7, 11) is 1.55. The van der Waals surface area contributed by atoms with Crippen LogP contribution in [-0.2, 0) is 30.3 Å². The van der Waals surface area contributed by atoms with Crippen LogP contribution in [0.3, 0.4) is 0 Å². The predicted molar refractivity (Wildman–Crippen MR) is 160 cm³/mol. The minimum Gasteiger partial charge on any atom is -0.463 e. The third-order valence-corrected chi connectivity index (χ3v) is 8.09. The van der Waals surface area contributed by atoms with Gasteiger partial charge in [0.15, 0.2) is 0 Å². The first-order chi connectivity index (χ1) is 19.5. The highest BCUT2D eigenvalue weighted by molar-refractivity contribution is 8.14. The summed E-state index contributed by atoms with van der Waals surface area (Å²) in [5.41, 5.74) is 6.16. The van der Waals surface area contributed by atoms with Crippen molar-refractivity contribution in [3.63, 3.8) is 0 Å². The fourth-order valence-electron chi connectivity index (χ4n) is 4.63. The van der Waals surface area contributed by atoms with E-state index in [1.807, 2.05) is 44.2 Å². The number of thioether (sulfide) groups is 1. The molecule has 11 heteroatoms. The molecule has 0 radical (unpaired) electrons. The van der Waals surface area contributed by atoms with Crippen molar-refractivity contribution < 1.29 is 28.7 Å². The largest absolute Gasteiger partial charge is 0.463 e. The molecule has 41 heavy (non-hydrogen) atoms. The van der Waals surface area contributed by atoms with E-state index in [2.05, 4.69) is 10.6 Å². The number of primary amides is 1. The van der Waals surface area contributed by atoms with E-state index >= 15 is 0 Å². The van der Waals surface area contributed by atoms with Crippen LogP contribution in [-0.4, -0.2) is 70.9 Å². The van der Waals surface area contributed by atoms with Crippen LogP contribution in [0.5, 0.6) is 0 Å². The van der Waals surface area contributed by atoms with Gasteiger partial charge in [-0.05, 0) is 37.7 Å². The maximum absolute atomic E-state index is 13.8. The zero-order valence-corrected chi connectivity index (χ0v) is 25.3. The molecule has 0 bridgehead atoms. The molecule has 0 heterocycles. The molecule has 1 saturated carbocycles. The summed E-state index contributed by atoms with van der Waals surface area (Å²) in [6.07, 6.45) is 7.19. The molecule has 3 atom stereocenters. The Labute approximate surface area is 247 Å². The fraction of sp³-hybridized carbons (Fsp3) is 0.567. The molecule has 0 aliphatic heterocycles. The lowest BCUT2D eigenvalue weighted by atomic mass is 9.99. The van der Waals surface area contributed by atoms with Gasteiger partial charge in [0.05, 0.1) is 6.61 Å². The van der Waals surface area contributed by atoms with Gasteiger partial charge in [-0.15, -0.1) is 0 Å². The summed E-state index contributed by atoms with van der Waals surface area (Å²) in [6, 6.07) is 6.83. The van der Waals surface area contributed by atoms with Gasteiger partial charge < -0.3 is 26.0 Å². The van der Waals surface area contributed by atoms with Gasteiger partial charge in [0.2, 0.25) is 17.7 Å². The highest BCUT2D eigenvalue weighted by Gasteiger charge is 2.35. The monoisotopic (exact) mass is 588 g/mol. The van der Waals surface area contributed by atoms with Gasteiger partial charge in [-0.1, -0.05) is 74.9 Å². The Kier molecular flexibility index (Phi) is 14.4. The van der Waals surface area contributed by atoms with Gasteiger partial charge in [0.1, 0.15) is 12.1 Å². The molecule has 226 valence electrons. The quantitative estimate of drug-likeness (QED) is 0.210. The Hall–Kier alpha value is -3.34. The van der Waals surface area contributed by atoms with Gasteiger partial charge in [-0.3, -0.25) is 19.2 Å². The third-order valence-electron chi connectivity index (χ3n) is 6.95. The number of esters is 1. The van der Waals surface area contributed by atoms with Crippen LogP contribution in [0.15, 0.2) is 42.5 Å². The van der Waals surface area contributed by atoms with Crippen molar-refractivity contribution >= 4 is 40.7 Å². The van der Waals surface area contributed by atoms with E-state index < -0.39 is 35.9 Å². The second-order valence-electron chi connectivity index (χ2n) is 10.6. The van der Waals surface area contributed by atoms with E-state index in [1.54, 1.807) is 14.0 Å². The SMILES string of the molecule is CCOC(=O)/C=C/[C@H](CCC(N)=O)NC(=O)[C@H](Cc1ccccc1)N(C)C(=O)[C@@H](NC(=O)SC1CCCC1)C(C)C. The standard InChI is InChI=1S/C30H44N4O6S/c1-5-40-26(36)18-16-22(15-17-25(31)35)32-28(37)24(19-21-11-7-6-8-12-21)34(4)29(38)27(20(2)3)33-30(39)41-23-13-9-10-14-23/h6-8,11-12,16,18,20,22-24,27H,5,9-10,13-15,17,19H2,1-4H3,(H2,31,35)(H,32,37)(H,33,39)/b18-16+/t22-,24-,27-/m0/s1. The highest BCUT2D eigenvalue weighted by Crippen LogP contribution is 2.30. The number of hydrogen-bond acceptors (Lipinski definition) is 7. The maximum Gasteiger partial charge on any atom is 0.330 e. The average Bonchev–Trinajstić information content (AvgIpc) is 3.44. The lowest BCUT2D eigenvalue weighted by Crippen LogP contribution is -2.57. The lowest BCUT2D eigenvalue weighted by Gasteiger charge is -2.33. The highest BCUT2D eigenvalue weighted by atomic mass is 32.2. The number of amides is 4. The minimum absolute atomic E-state index is 0.0175. The summed E-state index contributed by atoms with van der Waals surface area (Å²) in [5.74, 6) is -2.19. The number of nitrogens with two attached hydrogens (primary N) is 1. The van der Waals surface area contributed by atoms with Gasteiger partial charge >= 0.3 is 5.97 Å². The molecule has 10 nitrogen and oxygen atoms in total. The first-order valence-electron chi connectivity index (χ1n) is 14.2. The molecular formula is C30H44N4O6S. The molecule has 1 aromatic rings. The summed E-state index contributed by atoms with van der Waals surface area (Å²) in [5, 5.41) is 5.76. The van der Waals surface area contributed by atoms with E-state index in [4.69, 9.17) is 10.5 Å². The second-order valence-corrected chi connectivity index (χ2v) is 11.8. The van der Waals surface area contributed by atoms with Crippen LogP contribution in [0.1, 0.15) is 64.9 Å². The third kappa shape index (κ3) is 12.0. The van der Waals surface area contributed by atoms with Crippen molar-refractivity contribution in [3.8, 4) is 0 Å². The van der Waals surface area contributed by atoms with E-state index in [-0.39, 0.29) is 48.2 Å². The average molecular weight is 589 g/mol. The predicted octanol–water partition coefficient (Wildman–Crippen LogP) is 3.34. The zero-order chi connectivity index (χ0) is 30.4. The number of benzene rings is 1. The molecule has 1 aromatic carbocycles. The Bertz CT molecular complexity index is 1060. The molecule has 0 unspecified atom stereocenters. The van der Waals surface area contributed by atoms with Crippen LogP contribution in [0.2, 0.25) is 0 Å². The number of nitrogens with zero attached hydrogens (tertiary/aromatic N) is 1. The van der Waals surface area contributed by atoms with Crippen molar-refractivity contribution in [3.05, 3.63) is 48.0 Å². The number of ether oxygens (including phenoxy) is 1. The molecule has 1 aliphatic rings. The van der Waals surface area contributed by atoms with Gasteiger partial charge in [-0.25, -0.2) is 4.79 Å². The van der Waals surface area contributed by atoms with Crippen LogP contribution in [0.4, 0.5) is 4.79 Å². The number of carbonyl (C=O) groups excluding carboxylic acids is 5. The minimum atomic E-state index is -0.933. The van der Waals surface area contributed by atoms with Crippen LogP contribution in [0, 0.1) is 5.92 Å². The van der Waals surface area contributed by atoms with Crippen LogP contribution >= 0.6 is 11.8 Å². The number of hydrogen-bond donors (Lipinski definition) is 3. The molecule has 0 spiro atoms.